The summed E-state index contributed by atoms with van der Waals surface area (Å²) in [6.07, 6.45) is -52.3. The van der Waals surface area contributed by atoms with Gasteiger partial charge in [0.05, 0.1) is 39.6 Å². The highest BCUT2D eigenvalue weighted by Gasteiger charge is 2.67. The van der Waals surface area contributed by atoms with Gasteiger partial charge in [-0.15, -0.1) is 0 Å². The SMILES string of the molecule is CCCCCCCCCCCCCCC(C(=O)OC1(O[C@H]2[C@H](O)[C@@H](O)C(O[C@H]3[C@H](O)[C@@H](O)[C@@H](O)O[C@@H]3CO)O[C@@H]2CO)O[C@H](CO)[C@@H](O)[C@H](O)[C@H]1O)C1(O[C@H]2[C@H](O)[C@@H](O)C(O[C@H]3[C@H](O)[C@@H](O)[C@@H](O)O[C@@H]3CO)O[C@@H]2CO)O[C@H](CO)[C@@H](O)[C@H](O)[C@H]1O. The first-order valence-electron chi connectivity index (χ1n) is 29.3. The minimum atomic E-state index is -3.70. The van der Waals surface area contributed by atoms with E-state index in [0.717, 1.165) is 51.4 Å². The average molecular weight is 1260 g/mol. The Morgan fingerprint density at radius 2 is 0.744 bits per heavy atom. The van der Waals surface area contributed by atoms with Gasteiger partial charge in [-0.1, -0.05) is 84.0 Å². The molecule has 0 amide bonds. The summed E-state index contributed by atoms with van der Waals surface area (Å²) in [7, 11) is 0. The molecule has 34 nitrogen and oxygen atoms in total. The van der Waals surface area contributed by atoms with Gasteiger partial charge in [0.25, 0.3) is 0 Å². The molecular weight excluding hydrogens is 1170 g/mol. The summed E-state index contributed by atoms with van der Waals surface area (Å²) < 4.78 is 62.9. The van der Waals surface area contributed by atoms with E-state index in [4.69, 9.17) is 52.1 Å². The lowest BCUT2D eigenvalue weighted by Gasteiger charge is -2.55. The number of hydrogen-bond donors (Lipinski definition) is 22. The molecule has 31 atom stereocenters. The molecule has 0 aromatic rings. The van der Waals surface area contributed by atoms with E-state index in [0.29, 0.717) is 12.8 Å². The number of aliphatic hydroxyl groups is 22. The lowest BCUT2D eigenvalue weighted by atomic mass is 9.81. The highest BCUT2D eigenvalue weighted by Crippen LogP contribution is 2.46. The number of esters is 1. The van der Waals surface area contributed by atoms with Crippen LogP contribution >= 0.6 is 0 Å². The first-order chi connectivity index (χ1) is 40.9. The first-order valence-corrected chi connectivity index (χ1v) is 29.3. The van der Waals surface area contributed by atoms with Crippen LogP contribution < -0.4 is 0 Å². The Morgan fingerprint density at radius 3 is 1.16 bits per heavy atom. The van der Waals surface area contributed by atoms with Crippen molar-refractivity contribution in [2.45, 2.75) is 274 Å². The van der Waals surface area contributed by atoms with Crippen LogP contribution in [-0.2, 0) is 56.9 Å². The topological polar surface area (TPSA) is 564 Å². The molecule has 0 radical (unpaired) electrons. The van der Waals surface area contributed by atoms with E-state index in [2.05, 4.69) is 6.92 Å². The fourth-order valence-electron chi connectivity index (χ4n) is 11.6. The number of ether oxygens (including phenoxy) is 11. The number of carbonyl (C=O) groups excluding carboxylic acids is 1. The molecule has 0 saturated carbocycles. The minimum absolute atomic E-state index is 0.0917. The summed E-state index contributed by atoms with van der Waals surface area (Å²) in [6.45, 7) is -4.80. The highest BCUT2D eigenvalue weighted by atomic mass is 16.9. The smallest absolute Gasteiger partial charge is 0.360 e. The van der Waals surface area contributed by atoms with Crippen LogP contribution in [0.25, 0.3) is 0 Å². The van der Waals surface area contributed by atoms with Crippen LogP contribution in [0.2, 0.25) is 0 Å². The zero-order valence-corrected chi connectivity index (χ0v) is 47.4. The maximum Gasteiger partial charge on any atom is 0.360 e. The fraction of sp³-hybridized carbons (Fsp3) is 0.981. The van der Waals surface area contributed by atoms with Crippen molar-refractivity contribution in [3.63, 3.8) is 0 Å². The van der Waals surface area contributed by atoms with Gasteiger partial charge in [-0.25, -0.2) is 0 Å². The number of aliphatic hydroxyl groups excluding tert-OH is 22. The Bertz CT molecular complexity index is 1980. The van der Waals surface area contributed by atoms with Gasteiger partial charge >= 0.3 is 11.9 Å². The minimum Gasteiger partial charge on any atom is -0.405 e. The van der Waals surface area contributed by atoms with E-state index in [1.54, 1.807) is 0 Å². The molecule has 22 N–H and O–H groups in total. The third-order valence-corrected chi connectivity index (χ3v) is 16.8. The Balaban J connectivity index is 1.39. The quantitative estimate of drug-likeness (QED) is 0.0180. The molecule has 6 aliphatic rings. The molecule has 86 heavy (non-hydrogen) atoms. The van der Waals surface area contributed by atoms with E-state index in [-0.39, 0.29) is 12.8 Å². The van der Waals surface area contributed by atoms with Crippen molar-refractivity contribution in [1.29, 1.82) is 0 Å². The van der Waals surface area contributed by atoms with E-state index in [1.807, 2.05) is 0 Å². The largest absolute Gasteiger partial charge is 0.405 e. The molecule has 0 aromatic carbocycles. The molecule has 6 rings (SSSR count). The predicted octanol–water partition coefficient (Wildman–Crippen LogP) is -10.2. The van der Waals surface area contributed by atoms with Gasteiger partial charge in [0.15, 0.2) is 31.3 Å². The van der Waals surface area contributed by atoms with Crippen LogP contribution in [0.1, 0.15) is 90.4 Å². The second-order valence-corrected chi connectivity index (χ2v) is 22.7. The zero-order chi connectivity index (χ0) is 63.5. The number of unbranched alkanes of at least 4 members (excludes halogenated alkanes) is 11. The number of carbonyl (C=O) groups is 1. The zero-order valence-electron chi connectivity index (χ0n) is 47.4. The van der Waals surface area contributed by atoms with E-state index in [1.165, 1.54) is 0 Å². The Morgan fingerprint density at radius 1 is 0.384 bits per heavy atom. The van der Waals surface area contributed by atoms with Crippen LogP contribution in [0.4, 0.5) is 0 Å². The van der Waals surface area contributed by atoms with Crippen molar-refractivity contribution < 1.29 is 169 Å². The van der Waals surface area contributed by atoms with Crippen LogP contribution in [0.15, 0.2) is 0 Å². The molecule has 5 unspecified atom stereocenters. The fourth-order valence-corrected chi connectivity index (χ4v) is 11.6. The van der Waals surface area contributed by atoms with Crippen LogP contribution in [-0.4, -0.2) is 341 Å². The molecule has 0 aromatic heterocycles. The van der Waals surface area contributed by atoms with Crippen LogP contribution in [0, 0.1) is 5.92 Å². The van der Waals surface area contributed by atoms with Crippen LogP contribution in [0.5, 0.6) is 0 Å². The molecule has 6 saturated heterocycles. The molecule has 6 fully saturated rings. The van der Waals surface area contributed by atoms with Gasteiger partial charge in [-0.3, -0.25) is 4.79 Å². The Kier molecular flexibility index (Phi) is 28.2. The third kappa shape index (κ3) is 16.1. The second-order valence-electron chi connectivity index (χ2n) is 22.7. The number of hydrogen-bond acceptors (Lipinski definition) is 34. The van der Waals surface area contributed by atoms with Crippen molar-refractivity contribution >= 4 is 5.97 Å². The summed E-state index contributed by atoms with van der Waals surface area (Å²) >= 11 is 0. The van der Waals surface area contributed by atoms with Crippen molar-refractivity contribution in [2.75, 3.05) is 39.6 Å². The maximum atomic E-state index is 15.6. The second kappa shape index (κ2) is 33.2. The van der Waals surface area contributed by atoms with E-state index < -0.39 is 241 Å². The molecule has 34 heteroatoms. The summed E-state index contributed by atoms with van der Waals surface area (Å²) in [5, 5.41) is 241. The lowest BCUT2D eigenvalue weighted by Crippen LogP contribution is -2.74. The highest BCUT2D eigenvalue weighted by molar-refractivity contribution is 5.74. The summed E-state index contributed by atoms with van der Waals surface area (Å²) in [5.41, 5.74) is 0. The van der Waals surface area contributed by atoms with Crippen molar-refractivity contribution in [3.8, 4) is 0 Å². The molecular formula is C52H92O34. The van der Waals surface area contributed by atoms with Gasteiger partial charge in [-0.2, -0.15) is 0 Å². The molecule has 0 spiro atoms. The van der Waals surface area contributed by atoms with Crippen molar-refractivity contribution in [2.24, 2.45) is 5.92 Å². The van der Waals surface area contributed by atoms with Crippen molar-refractivity contribution in [3.05, 3.63) is 0 Å². The van der Waals surface area contributed by atoms with Crippen LogP contribution in [0.3, 0.4) is 0 Å². The molecule has 504 valence electrons. The molecule has 6 heterocycles. The predicted molar refractivity (Wildman–Crippen MR) is 276 cm³/mol. The monoisotopic (exact) mass is 1260 g/mol. The number of rotatable bonds is 30. The van der Waals surface area contributed by atoms with Gasteiger partial charge in [-0.05, 0) is 6.42 Å². The van der Waals surface area contributed by atoms with E-state index in [9.17, 15) is 112 Å². The lowest BCUT2D eigenvalue weighted by molar-refractivity contribution is -0.476. The Hall–Kier alpha value is -1.81. The van der Waals surface area contributed by atoms with Gasteiger partial charge in [0.1, 0.15) is 146 Å². The van der Waals surface area contributed by atoms with Gasteiger partial charge < -0.3 is 164 Å². The Labute approximate surface area is 493 Å². The summed E-state index contributed by atoms with van der Waals surface area (Å²) in [4.78, 5) is 15.6. The average Bonchev–Trinajstić information content (AvgIpc) is 0.977. The molecule has 6 aliphatic heterocycles. The summed E-state index contributed by atoms with van der Waals surface area (Å²) in [6, 6.07) is 0. The first kappa shape index (κ1) is 73.2. The third-order valence-electron chi connectivity index (χ3n) is 16.8. The normalized spacial score (nSPS) is 46.3. The standard InChI is InChI=1S/C52H92O34/c1-2-3-4-5-6-7-8-9-10-11-12-13-14-21(51(44(71)34(65)28(59)22(15-53)82-51)84-42-26(19-57)78-49(38(69)32(42)63)80-40-24(17-55)76-47(74)36(67)30(40)61)46(73)86-52(45(72)35(66)29(60)23(16-54)83-52)85-43-27(20-58)79-50(39(70)33(43)64)81-41-25(18-56)77-48(75)37(68)31(41)62/h21-45,47-50,53-72,74-75H,2-20H2,1H3/t21?,22-,23-,24-,25-,26-,27-,28-,29-,30-,31-,32-,33-,34+,35+,36-,37-,38-,39-,40-,41-,42-,43-,44-,45-,47+,48+,49?,50?,51?,52?/m1/s1. The van der Waals surface area contributed by atoms with Gasteiger partial charge in [0, 0.05) is 0 Å². The van der Waals surface area contributed by atoms with Crippen molar-refractivity contribution in [1.82, 2.24) is 0 Å². The van der Waals surface area contributed by atoms with E-state index >= 15 is 4.79 Å². The molecule has 0 bridgehead atoms. The molecule has 0 aliphatic carbocycles. The maximum absolute atomic E-state index is 15.6. The van der Waals surface area contributed by atoms with Gasteiger partial charge in [0.2, 0.25) is 5.79 Å². The summed E-state index contributed by atoms with van der Waals surface area (Å²) in [5.74, 6) is -11.3.